The van der Waals surface area contributed by atoms with Gasteiger partial charge in [0.25, 0.3) is 0 Å². The highest BCUT2D eigenvalue weighted by Crippen LogP contribution is 2.18. The van der Waals surface area contributed by atoms with Crippen molar-refractivity contribution in [1.82, 2.24) is 19.7 Å². The van der Waals surface area contributed by atoms with Crippen LogP contribution in [-0.4, -0.2) is 25.8 Å². The van der Waals surface area contributed by atoms with Gasteiger partial charge in [-0.3, -0.25) is 4.68 Å². The molecule has 5 nitrogen and oxygen atoms in total. The van der Waals surface area contributed by atoms with Gasteiger partial charge in [-0.05, 0) is 18.9 Å². The minimum absolute atomic E-state index is 0.283. The lowest BCUT2D eigenvalue weighted by atomic mass is 9.97. The highest BCUT2D eigenvalue weighted by atomic mass is 15.3. The van der Waals surface area contributed by atoms with Gasteiger partial charge in [-0.1, -0.05) is 0 Å². The van der Waals surface area contributed by atoms with Crippen molar-refractivity contribution in [3.8, 4) is 0 Å². The van der Waals surface area contributed by atoms with Gasteiger partial charge in [0.1, 0.15) is 5.82 Å². The Kier molecular flexibility index (Phi) is 2.25. The molecule has 0 saturated heterocycles. The molecule has 3 N–H and O–H groups in total. The lowest BCUT2D eigenvalue weighted by Gasteiger charge is -2.15. The summed E-state index contributed by atoms with van der Waals surface area (Å²) < 4.78 is 1.87. The summed E-state index contributed by atoms with van der Waals surface area (Å²) in [5.74, 6) is 0.975. The number of hydrogen-bond acceptors (Lipinski definition) is 3. The van der Waals surface area contributed by atoms with Crippen molar-refractivity contribution in [2.75, 3.05) is 0 Å². The Balaban J connectivity index is 1.82. The Morgan fingerprint density at radius 3 is 3.31 bits per heavy atom. The lowest BCUT2D eigenvalue weighted by Crippen LogP contribution is -2.27. The SMILES string of the molecule is NC1CCc2nc(Cn3cccn3)[nH]c2C1. The van der Waals surface area contributed by atoms with Crippen LogP contribution < -0.4 is 5.73 Å². The number of aryl methyl sites for hydroxylation is 1. The molecule has 1 atom stereocenters. The normalized spacial score (nSPS) is 19.7. The molecule has 0 bridgehead atoms. The van der Waals surface area contributed by atoms with Crippen LogP contribution in [-0.2, 0) is 19.4 Å². The average Bonchev–Trinajstić information content (AvgIpc) is 2.86. The molecule has 16 heavy (non-hydrogen) atoms. The molecule has 1 unspecified atom stereocenters. The third-order valence-corrected chi connectivity index (χ3v) is 3.00. The summed E-state index contributed by atoms with van der Waals surface area (Å²) >= 11 is 0. The van der Waals surface area contributed by atoms with E-state index in [1.54, 1.807) is 6.20 Å². The Labute approximate surface area is 93.7 Å². The van der Waals surface area contributed by atoms with E-state index < -0.39 is 0 Å². The molecule has 0 radical (unpaired) electrons. The maximum absolute atomic E-state index is 5.93. The summed E-state index contributed by atoms with van der Waals surface area (Å²) in [6, 6.07) is 2.20. The second-order valence-corrected chi connectivity index (χ2v) is 4.32. The van der Waals surface area contributed by atoms with Crippen molar-refractivity contribution in [2.24, 2.45) is 5.73 Å². The molecule has 0 aromatic carbocycles. The zero-order valence-electron chi connectivity index (χ0n) is 9.06. The van der Waals surface area contributed by atoms with Crippen molar-refractivity contribution in [1.29, 1.82) is 0 Å². The third kappa shape index (κ3) is 1.74. The summed E-state index contributed by atoms with van der Waals surface area (Å²) in [4.78, 5) is 7.94. The maximum atomic E-state index is 5.93. The van der Waals surface area contributed by atoms with Gasteiger partial charge in [-0.15, -0.1) is 0 Å². The molecule has 0 saturated carbocycles. The Hall–Kier alpha value is -1.62. The summed E-state index contributed by atoms with van der Waals surface area (Å²) in [6.45, 7) is 0.704. The number of imidazole rings is 1. The molecule has 2 aromatic rings. The molecule has 0 spiro atoms. The largest absolute Gasteiger partial charge is 0.344 e. The van der Waals surface area contributed by atoms with E-state index in [9.17, 15) is 0 Å². The van der Waals surface area contributed by atoms with Crippen LogP contribution in [0.3, 0.4) is 0 Å². The van der Waals surface area contributed by atoms with Gasteiger partial charge in [0, 0.05) is 30.6 Å². The monoisotopic (exact) mass is 217 g/mol. The van der Waals surface area contributed by atoms with Gasteiger partial charge in [0.2, 0.25) is 0 Å². The molecule has 0 amide bonds. The van der Waals surface area contributed by atoms with Crippen molar-refractivity contribution in [3.63, 3.8) is 0 Å². The van der Waals surface area contributed by atoms with E-state index in [1.807, 2.05) is 16.9 Å². The van der Waals surface area contributed by atoms with Crippen molar-refractivity contribution in [2.45, 2.75) is 31.8 Å². The highest BCUT2D eigenvalue weighted by Gasteiger charge is 2.19. The number of hydrogen-bond donors (Lipinski definition) is 2. The Morgan fingerprint density at radius 2 is 2.50 bits per heavy atom. The van der Waals surface area contributed by atoms with E-state index in [1.165, 1.54) is 11.4 Å². The predicted molar refractivity (Wildman–Crippen MR) is 59.9 cm³/mol. The second kappa shape index (κ2) is 3.75. The van der Waals surface area contributed by atoms with E-state index >= 15 is 0 Å². The average molecular weight is 217 g/mol. The van der Waals surface area contributed by atoms with Gasteiger partial charge >= 0.3 is 0 Å². The fraction of sp³-hybridized carbons (Fsp3) is 0.455. The number of nitrogens with two attached hydrogens (primary N) is 1. The minimum atomic E-state index is 0.283. The quantitative estimate of drug-likeness (QED) is 0.768. The van der Waals surface area contributed by atoms with E-state index in [0.29, 0.717) is 6.54 Å². The number of rotatable bonds is 2. The minimum Gasteiger partial charge on any atom is -0.344 e. The number of H-pyrrole nitrogens is 1. The van der Waals surface area contributed by atoms with Crippen LogP contribution in [0.2, 0.25) is 0 Å². The molecule has 2 heterocycles. The maximum Gasteiger partial charge on any atom is 0.128 e. The molecule has 1 aliphatic carbocycles. The number of aromatic nitrogens is 4. The van der Waals surface area contributed by atoms with Crippen molar-refractivity contribution in [3.05, 3.63) is 35.7 Å². The Bertz CT molecular complexity index is 471. The molecular weight excluding hydrogens is 202 g/mol. The van der Waals surface area contributed by atoms with Crippen molar-refractivity contribution >= 4 is 0 Å². The zero-order valence-corrected chi connectivity index (χ0v) is 9.06. The standard InChI is InChI=1S/C11H15N5/c12-8-2-3-9-10(6-8)15-11(14-9)7-16-5-1-4-13-16/h1,4-5,8H,2-3,6-7,12H2,(H,14,15). The number of nitrogens with zero attached hydrogens (tertiary/aromatic N) is 3. The summed E-state index contributed by atoms with van der Waals surface area (Å²) in [5.41, 5.74) is 8.32. The van der Waals surface area contributed by atoms with Crippen LogP contribution in [0.4, 0.5) is 0 Å². The van der Waals surface area contributed by atoms with Gasteiger partial charge < -0.3 is 10.7 Å². The first-order valence-electron chi connectivity index (χ1n) is 5.61. The summed E-state index contributed by atoms with van der Waals surface area (Å²) in [5, 5.41) is 4.16. The first-order chi connectivity index (χ1) is 7.81. The molecule has 84 valence electrons. The van der Waals surface area contributed by atoms with Crippen LogP contribution in [0.25, 0.3) is 0 Å². The van der Waals surface area contributed by atoms with Crippen LogP contribution >= 0.6 is 0 Å². The second-order valence-electron chi connectivity index (χ2n) is 4.32. The molecule has 5 heteroatoms. The van der Waals surface area contributed by atoms with Crippen LogP contribution in [0.15, 0.2) is 18.5 Å². The molecule has 2 aromatic heterocycles. The van der Waals surface area contributed by atoms with Gasteiger partial charge in [-0.25, -0.2) is 4.98 Å². The molecule has 1 aliphatic rings. The molecule has 0 fully saturated rings. The van der Waals surface area contributed by atoms with Gasteiger partial charge in [-0.2, -0.15) is 5.10 Å². The van der Waals surface area contributed by atoms with E-state index in [2.05, 4.69) is 15.1 Å². The molecule has 3 rings (SSSR count). The summed E-state index contributed by atoms with van der Waals surface area (Å²) in [7, 11) is 0. The molecule has 0 aliphatic heterocycles. The predicted octanol–water partition coefficient (Wildman–Crippen LogP) is 0.470. The van der Waals surface area contributed by atoms with E-state index in [4.69, 9.17) is 5.73 Å². The fourth-order valence-electron chi connectivity index (χ4n) is 2.19. The number of fused-ring (bicyclic) bond motifs is 1. The lowest BCUT2D eigenvalue weighted by molar-refractivity contribution is 0.565. The number of aromatic amines is 1. The smallest absolute Gasteiger partial charge is 0.128 e. The van der Waals surface area contributed by atoms with Gasteiger partial charge in [0.05, 0.1) is 12.2 Å². The van der Waals surface area contributed by atoms with Gasteiger partial charge in [0.15, 0.2) is 0 Å². The van der Waals surface area contributed by atoms with Crippen LogP contribution in [0.5, 0.6) is 0 Å². The van der Waals surface area contributed by atoms with Crippen LogP contribution in [0, 0.1) is 0 Å². The van der Waals surface area contributed by atoms with Crippen LogP contribution in [0.1, 0.15) is 23.6 Å². The number of nitrogens with one attached hydrogen (secondary N) is 1. The first kappa shape index (κ1) is 9.59. The third-order valence-electron chi connectivity index (χ3n) is 3.00. The van der Waals surface area contributed by atoms with Crippen molar-refractivity contribution < 1.29 is 0 Å². The highest BCUT2D eigenvalue weighted by molar-refractivity contribution is 5.19. The van der Waals surface area contributed by atoms with E-state index in [-0.39, 0.29) is 6.04 Å². The fourth-order valence-corrected chi connectivity index (χ4v) is 2.19. The van der Waals surface area contributed by atoms with E-state index in [0.717, 1.165) is 25.1 Å². The zero-order chi connectivity index (χ0) is 11.0. The Morgan fingerprint density at radius 1 is 1.56 bits per heavy atom. The molecular formula is C11H15N5. The summed E-state index contributed by atoms with van der Waals surface area (Å²) in [6.07, 6.45) is 6.67. The topological polar surface area (TPSA) is 72.5 Å². The first-order valence-corrected chi connectivity index (χ1v) is 5.61.